The predicted octanol–water partition coefficient (Wildman–Crippen LogP) is 2.46. The van der Waals surface area contributed by atoms with E-state index in [-0.39, 0.29) is 43.3 Å². The first-order valence-electron chi connectivity index (χ1n) is 15.8. The Kier molecular flexibility index (Phi) is 15.8. The number of H-pyrrole nitrogens is 1. The summed E-state index contributed by atoms with van der Waals surface area (Å²) < 4.78 is 32.9. The molecule has 1 aromatic carbocycles. The van der Waals surface area contributed by atoms with Crippen molar-refractivity contribution in [1.29, 1.82) is 0 Å². The number of hydrogen-bond donors (Lipinski definition) is 6. The number of aliphatic hydroxyl groups excluding tert-OH is 1. The molecule has 2 unspecified atom stereocenters. The van der Waals surface area contributed by atoms with E-state index in [0.29, 0.717) is 87.0 Å². The molecule has 2 aromatic rings. The number of halogens is 1. The Balaban J connectivity index is 1.56. The fraction of sp³-hybridized carbons (Fsp3) is 0.500. The van der Waals surface area contributed by atoms with Gasteiger partial charge in [0.1, 0.15) is 18.5 Å². The highest BCUT2D eigenvalue weighted by Gasteiger charge is 2.26. The van der Waals surface area contributed by atoms with Crippen LogP contribution in [-0.4, -0.2) is 66.6 Å². The summed E-state index contributed by atoms with van der Waals surface area (Å²) in [6.07, 6.45) is 6.03. The molecule has 0 radical (unpaired) electrons. The Bertz CT molecular complexity index is 1480. The van der Waals surface area contributed by atoms with Crippen LogP contribution in [0, 0.1) is 25.6 Å². The van der Waals surface area contributed by atoms with Crippen LogP contribution < -0.4 is 26.5 Å². The van der Waals surface area contributed by atoms with Crippen LogP contribution in [0.15, 0.2) is 18.2 Å². The van der Waals surface area contributed by atoms with Crippen molar-refractivity contribution in [3.63, 3.8) is 0 Å². The van der Waals surface area contributed by atoms with Crippen molar-refractivity contribution < 1.29 is 47.7 Å². The predicted molar refractivity (Wildman–Crippen MR) is 173 cm³/mol. The molecule has 1 aromatic heterocycles. The zero-order valence-electron chi connectivity index (χ0n) is 27.1. The third kappa shape index (κ3) is 11.6. The average Bonchev–Trinajstić information content (AvgIpc) is 3.52. The van der Waals surface area contributed by atoms with Gasteiger partial charge in [0.15, 0.2) is 0 Å². The lowest BCUT2D eigenvalue weighted by Gasteiger charge is -2.19. The molecule has 262 valence electrons. The summed E-state index contributed by atoms with van der Waals surface area (Å²) in [7, 11) is -2.76. The minimum Gasteiger partial charge on any atom is -0.672 e. The number of fused-ring (bicyclic) bond motifs is 1. The summed E-state index contributed by atoms with van der Waals surface area (Å²) in [6.45, 7) is 4.19. The quantitative estimate of drug-likeness (QED) is 0.0267. The number of aromatic nitrogens is 1. The zero-order chi connectivity index (χ0) is 35.1. The highest BCUT2D eigenvalue weighted by Crippen LogP contribution is 2.34. The van der Waals surface area contributed by atoms with E-state index in [0.717, 1.165) is 16.8 Å². The lowest BCUT2D eigenvalue weighted by atomic mass is 10.0. The Morgan fingerprint density at radius 1 is 1.15 bits per heavy atom. The molecule has 1 aliphatic rings. The Morgan fingerprint density at radius 2 is 1.90 bits per heavy atom. The number of aryl methyl sites for hydroxylation is 1. The number of anilines is 1. The van der Waals surface area contributed by atoms with Gasteiger partial charge in [-0.2, -0.15) is 4.67 Å². The standard InChI is InChI=1S/C32H43FN5O9P/c1-20-24(21(2)36-29(20)16-26-25-15-23(33)9-11-27(25)38-31(26)42)10-12-30(41)37-28(8-4-5-13-34-19-40)32(43)35-14-6-3-7-22(17-39)18-46-48(45)47-44/h9,11,15-16,19,22,28,36,39H,3-8,10,12-14,17-18H2,1-2H3,(H4-,34,35,37,38,40,41,42,43,44)/b26-16-/t22?,28-/m0/s1. The molecule has 6 N–H and O–H groups in total. The molecule has 2 heterocycles. The summed E-state index contributed by atoms with van der Waals surface area (Å²) in [4.78, 5) is 52.5. The fourth-order valence-electron chi connectivity index (χ4n) is 5.50. The Labute approximate surface area is 279 Å². The van der Waals surface area contributed by atoms with Crippen LogP contribution in [0.2, 0.25) is 0 Å². The van der Waals surface area contributed by atoms with E-state index >= 15 is 0 Å². The molecule has 0 saturated carbocycles. The molecule has 4 amide bonds. The van der Waals surface area contributed by atoms with Crippen molar-refractivity contribution in [2.24, 2.45) is 5.92 Å². The van der Waals surface area contributed by atoms with E-state index in [2.05, 4.69) is 30.9 Å². The number of unbranched alkanes of at least 4 members (excludes halogenated alkanes) is 2. The molecule has 3 rings (SSSR count). The zero-order valence-corrected chi connectivity index (χ0v) is 28.0. The van der Waals surface area contributed by atoms with Crippen molar-refractivity contribution >= 4 is 49.7 Å². The fourth-order valence-corrected chi connectivity index (χ4v) is 5.87. The normalized spacial score (nSPS) is 14.6. The van der Waals surface area contributed by atoms with Gasteiger partial charge < -0.3 is 36.6 Å². The van der Waals surface area contributed by atoms with Crippen LogP contribution in [0.3, 0.4) is 0 Å². The van der Waals surface area contributed by atoms with Gasteiger partial charge in [0, 0.05) is 59.2 Å². The van der Waals surface area contributed by atoms with Crippen molar-refractivity contribution in [1.82, 2.24) is 20.9 Å². The van der Waals surface area contributed by atoms with E-state index in [1.807, 2.05) is 13.8 Å². The van der Waals surface area contributed by atoms with E-state index in [1.54, 1.807) is 6.08 Å². The van der Waals surface area contributed by atoms with Gasteiger partial charge in [-0.15, -0.1) is 4.52 Å². The smallest absolute Gasteiger partial charge is 0.672 e. The first-order valence-corrected chi connectivity index (χ1v) is 16.9. The summed E-state index contributed by atoms with van der Waals surface area (Å²) >= 11 is 0. The van der Waals surface area contributed by atoms with E-state index in [9.17, 15) is 38.5 Å². The molecule has 0 bridgehead atoms. The van der Waals surface area contributed by atoms with Gasteiger partial charge >= 0.3 is 8.25 Å². The van der Waals surface area contributed by atoms with E-state index in [1.165, 1.54) is 18.2 Å². The molecule has 48 heavy (non-hydrogen) atoms. The van der Waals surface area contributed by atoms with Crippen LogP contribution in [0.25, 0.3) is 11.6 Å². The first kappa shape index (κ1) is 38.4. The van der Waals surface area contributed by atoms with Crippen molar-refractivity contribution in [3.05, 3.63) is 52.1 Å². The molecule has 3 atom stereocenters. The molecule has 0 fully saturated rings. The number of nitrogens with one attached hydrogen (secondary N) is 5. The Morgan fingerprint density at radius 3 is 2.62 bits per heavy atom. The number of benzene rings is 1. The third-order valence-electron chi connectivity index (χ3n) is 8.16. The number of amides is 4. The number of carbonyl (C=O) groups excluding carboxylic acids is 4. The molecular formula is C32H43FN5O9P. The van der Waals surface area contributed by atoms with Crippen LogP contribution in [-0.2, 0) is 39.4 Å². The van der Waals surface area contributed by atoms with Gasteiger partial charge in [-0.3, -0.25) is 19.2 Å². The second-order valence-electron chi connectivity index (χ2n) is 11.6. The van der Waals surface area contributed by atoms with E-state index < -0.39 is 20.1 Å². The van der Waals surface area contributed by atoms with Gasteiger partial charge in [-0.05, 0) is 87.8 Å². The van der Waals surface area contributed by atoms with Crippen molar-refractivity contribution in [2.45, 2.75) is 71.3 Å². The van der Waals surface area contributed by atoms with Crippen LogP contribution >= 0.6 is 8.25 Å². The maximum absolute atomic E-state index is 13.9. The maximum Gasteiger partial charge on any atom is 0.688 e. The monoisotopic (exact) mass is 691 g/mol. The van der Waals surface area contributed by atoms with E-state index in [4.69, 9.17) is 4.52 Å². The van der Waals surface area contributed by atoms with Gasteiger partial charge in [-0.1, -0.05) is 6.42 Å². The average molecular weight is 692 g/mol. The molecule has 0 spiro atoms. The number of carbonyl (C=O) groups is 4. The highest BCUT2D eigenvalue weighted by atomic mass is 31.1. The van der Waals surface area contributed by atoms with Crippen LogP contribution in [0.4, 0.5) is 10.1 Å². The second-order valence-corrected chi connectivity index (χ2v) is 12.4. The van der Waals surface area contributed by atoms with Crippen molar-refractivity contribution in [2.75, 3.05) is 31.6 Å². The Hall–Kier alpha value is -4.01. The van der Waals surface area contributed by atoms with Gasteiger partial charge in [0.2, 0.25) is 18.2 Å². The second kappa shape index (κ2) is 19.7. The van der Waals surface area contributed by atoms with Crippen LogP contribution in [0.5, 0.6) is 0 Å². The highest BCUT2D eigenvalue weighted by molar-refractivity contribution is 7.33. The molecule has 1 aliphatic heterocycles. The lowest BCUT2D eigenvalue weighted by Crippen LogP contribution is -2.47. The van der Waals surface area contributed by atoms with Crippen molar-refractivity contribution in [3.8, 4) is 0 Å². The SMILES string of the molecule is Cc1[nH]c(/C=C2\C(=O)Nc3ccc(F)cc32)c(C)c1CCC(=O)N[C@@H](CCCCNC=O)C(=O)NCCCCC(CO)CO[P+](=O)O[O-]. The summed E-state index contributed by atoms with van der Waals surface area (Å²) in [5, 5.41) is 30.5. The largest absolute Gasteiger partial charge is 0.688 e. The number of aromatic amines is 1. The summed E-state index contributed by atoms with van der Waals surface area (Å²) in [5.74, 6) is -1.78. The maximum atomic E-state index is 13.9. The summed E-state index contributed by atoms with van der Waals surface area (Å²) in [5.41, 5.74) is 4.60. The minimum atomic E-state index is -2.76. The molecule has 0 saturated heterocycles. The molecular weight excluding hydrogens is 648 g/mol. The molecule has 0 aliphatic carbocycles. The van der Waals surface area contributed by atoms with Gasteiger partial charge in [0.25, 0.3) is 5.91 Å². The topological polar surface area (TPSA) is 211 Å². The van der Waals surface area contributed by atoms with Crippen LogP contribution in [0.1, 0.15) is 73.0 Å². The number of aliphatic hydroxyl groups is 1. The van der Waals surface area contributed by atoms with Gasteiger partial charge in [0.05, 0.1) is 5.57 Å². The molecule has 14 nitrogen and oxygen atoms in total. The minimum absolute atomic E-state index is 0.0961. The molecule has 16 heteroatoms. The third-order valence-corrected chi connectivity index (χ3v) is 8.64. The lowest BCUT2D eigenvalue weighted by molar-refractivity contribution is -0.638. The number of rotatable bonds is 22. The summed E-state index contributed by atoms with van der Waals surface area (Å²) in [6, 6.07) is 3.33. The first-order chi connectivity index (χ1) is 23.1. The van der Waals surface area contributed by atoms with Gasteiger partial charge in [-0.25, -0.2) is 4.39 Å². The number of hydrogen-bond acceptors (Lipinski definition) is 9.